The van der Waals surface area contributed by atoms with Crippen LogP contribution in [0.15, 0.2) is 30.1 Å². The Labute approximate surface area is 163 Å². The second kappa shape index (κ2) is 6.81. The lowest BCUT2D eigenvalue weighted by Crippen LogP contribution is -2.47. The number of carbonyl (C=O) groups excluding carboxylic acids is 2. The Morgan fingerprint density at radius 1 is 1.36 bits per heavy atom. The van der Waals surface area contributed by atoms with E-state index in [9.17, 15) is 24.6 Å². The highest BCUT2D eigenvalue weighted by molar-refractivity contribution is 6.11. The Bertz CT molecular complexity index is 883. The van der Waals surface area contributed by atoms with E-state index < -0.39 is 23.6 Å². The largest absolute Gasteiger partial charge is 0.476 e. The first-order chi connectivity index (χ1) is 13.0. The summed E-state index contributed by atoms with van der Waals surface area (Å²) >= 11 is 0. The number of allylic oxidation sites excluding steroid dienone is 1. The fourth-order valence-corrected chi connectivity index (χ4v) is 4.37. The van der Waals surface area contributed by atoms with Crippen LogP contribution in [-0.4, -0.2) is 35.0 Å². The summed E-state index contributed by atoms with van der Waals surface area (Å²) in [7, 11) is 1.25. The summed E-state index contributed by atoms with van der Waals surface area (Å²) in [5.74, 6) is -2.07. The number of aromatic nitrogens is 1. The number of ether oxygens (including phenoxy) is 1. The number of pyridine rings is 1. The third-order valence-corrected chi connectivity index (χ3v) is 5.86. The van der Waals surface area contributed by atoms with E-state index in [1.54, 1.807) is 19.2 Å². The molecule has 0 bridgehead atoms. The molecule has 1 heterocycles. The summed E-state index contributed by atoms with van der Waals surface area (Å²) in [5, 5.41) is 20.8. The first-order valence-electron chi connectivity index (χ1n) is 9.32. The van der Waals surface area contributed by atoms with E-state index in [-0.39, 0.29) is 30.0 Å². The summed E-state index contributed by atoms with van der Waals surface area (Å²) in [6.45, 7) is 5.76. The molecule has 0 amide bonds. The lowest BCUT2D eigenvalue weighted by atomic mass is 9.69. The van der Waals surface area contributed by atoms with E-state index in [4.69, 9.17) is 0 Å². The molecule has 0 fully saturated rings. The van der Waals surface area contributed by atoms with Gasteiger partial charge in [-0.05, 0) is 18.8 Å². The Morgan fingerprint density at radius 3 is 2.64 bits per heavy atom. The number of fused-ring (bicyclic) bond motifs is 2. The molecule has 0 radical (unpaired) electrons. The maximum Gasteiger partial charge on any atom is 0.373 e. The molecule has 0 unspecified atom stereocenters. The van der Waals surface area contributed by atoms with Crippen LogP contribution < -0.4 is 4.57 Å². The third kappa shape index (κ3) is 3.35. The van der Waals surface area contributed by atoms with E-state index in [0.717, 1.165) is 0 Å². The van der Waals surface area contributed by atoms with Crippen molar-refractivity contribution in [2.45, 2.75) is 51.7 Å². The highest BCUT2D eigenvalue weighted by Gasteiger charge is 2.51. The van der Waals surface area contributed by atoms with Gasteiger partial charge in [0.15, 0.2) is 18.2 Å². The molecule has 7 nitrogen and oxygen atoms in total. The monoisotopic (exact) mass is 388 g/mol. The smallest absolute Gasteiger partial charge is 0.373 e. The minimum absolute atomic E-state index is 0.0361. The molecular formula is C21H26NO6+. The van der Waals surface area contributed by atoms with Crippen LogP contribution in [-0.2, 0) is 19.9 Å². The summed E-state index contributed by atoms with van der Waals surface area (Å²) in [4.78, 5) is 36.3. The van der Waals surface area contributed by atoms with E-state index in [0.29, 0.717) is 23.1 Å². The average Bonchev–Trinajstić information content (AvgIpc) is 2.96. The first-order valence-corrected chi connectivity index (χ1v) is 9.32. The zero-order valence-electron chi connectivity index (χ0n) is 16.6. The van der Waals surface area contributed by atoms with Gasteiger partial charge in [-0.3, -0.25) is 9.59 Å². The lowest BCUT2D eigenvalue weighted by molar-refractivity contribution is -0.711. The maximum absolute atomic E-state index is 13.1. The van der Waals surface area contributed by atoms with Crippen molar-refractivity contribution in [1.82, 2.24) is 0 Å². The number of methoxy groups -OCH3 is 1. The number of aliphatic hydroxyl groups is 1. The van der Waals surface area contributed by atoms with Crippen LogP contribution in [0.25, 0.3) is 0 Å². The Kier molecular flexibility index (Phi) is 4.91. The molecule has 2 aliphatic carbocycles. The molecular weight excluding hydrogens is 362 g/mol. The minimum atomic E-state index is -1.22. The van der Waals surface area contributed by atoms with Crippen LogP contribution in [0, 0.1) is 11.3 Å². The van der Waals surface area contributed by atoms with Gasteiger partial charge in [-0.25, -0.2) is 4.79 Å². The summed E-state index contributed by atoms with van der Waals surface area (Å²) in [6, 6.07) is 0.595. The zero-order chi connectivity index (χ0) is 20.9. The molecule has 0 aliphatic heterocycles. The van der Waals surface area contributed by atoms with Crippen molar-refractivity contribution in [3.8, 4) is 0 Å². The molecule has 3 rings (SSSR count). The normalized spacial score (nSPS) is 26.1. The number of rotatable bonds is 5. The van der Waals surface area contributed by atoms with Gasteiger partial charge in [-0.15, -0.1) is 0 Å². The van der Waals surface area contributed by atoms with Gasteiger partial charge in [0, 0.05) is 29.5 Å². The number of carboxylic acid groups (broad SMARTS) is 1. The number of nitrogens with zero attached hydrogens (tertiary/aromatic N) is 1. The molecule has 1 aromatic rings. The number of carbonyl (C=O) groups is 3. The summed E-state index contributed by atoms with van der Waals surface area (Å²) in [6.07, 6.45) is 5.60. The van der Waals surface area contributed by atoms with E-state index in [2.05, 4.69) is 4.74 Å². The number of hydrogen-bond acceptors (Lipinski definition) is 5. The van der Waals surface area contributed by atoms with Crippen molar-refractivity contribution in [2.24, 2.45) is 11.3 Å². The molecule has 3 atom stereocenters. The Balaban J connectivity index is 2.03. The molecule has 7 heteroatoms. The van der Waals surface area contributed by atoms with Crippen molar-refractivity contribution in [2.75, 3.05) is 7.11 Å². The molecule has 28 heavy (non-hydrogen) atoms. The standard InChI is InChI=1S/C21H25NO6/c1-20(2)9-12-15(10-20)21(3,27)14-7-8-22(11-13(14)18(12)24)16(19(25)26)5-6-17(23)28-4/h7-9,11,15-16,27H,5-6,10H2,1-4H3/p+1/t15-,16+,21-/m0/s1. The molecule has 0 spiro atoms. The van der Waals surface area contributed by atoms with E-state index in [1.807, 2.05) is 19.9 Å². The predicted molar refractivity (Wildman–Crippen MR) is 98.4 cm³/mol. The van der Waals surface area contributed by atoms with Gasteiger partial charge in [-0.2, -0.15) is 4.57 Å². The maximum atomic E-state index is 13.1. The first kappa shape index (κ1) is 20.2. The second-order valence-corrected chi connectivity index (χ2v) is 8.51. The van der Waals surface area contributed by atoms with Crippen LogP contribution in [0.3, 0.4) is 0 Å². The van der Waals surface area contributed by atoms with E-state index >= 15 is 0 Å². The molecule has 0 aromatic carbocycles. The predicted octanol–water partition coefficient (Wildman–Crippen LogP) is 1.93. The highest BCUT2D eigenvalue weighted by Crippen LogP contribution is 2.52. The fourth-order valence-electron chi connectivity index (χ4n) is 4.37. The topological polar surface area (TPSA) is 105 Å². The molecule has 2 aliphatic rings. The second-order valence-electron chi connectivity index (χ2n) is 8.51. The molecule has 150 valence electrons. The molecule has 0 saturated heterocycles. The van der Waals surface area contributed by atoms with Crippen LogP contribution in [0.1, 0.15) is 62.0 Å². The number of Topliss-reactive ketones (excluding diaryl/α,β-unsaturated/α-hetero) is 1. The van der Waals surface area contributed by atoms with Gasteiger partial charge in [0.2, 0.25) is 0 Å². The van der Waals surface area contributed by atoms with Crippen molar-refractivity contribution in [3.63, 3.8) is 0 Å². The average molecular weight is 388 g/mol. The summed E-state index contributed by atoms with van der Waals surface area (Å²) in [5.41, 5.74) is -0.0153. The van der Waals surface area contributed by atoms with Crippen molar-refractivity contribution in [1.29, 1.82) is 0 Å². The van der Waals surface area contributed by atoms with Crippen LogP contribution >= 0.6 is 0 Å². The number of aliphatic carboxylic acids is 1. The number of hydrogen-bond donors (Lipinski definition) is 2. The lowest BCUT2D eigenvalue weighted by Gasteiger charge is -2.37. The van der Waals surface area contributed by atoms with Crippen LogP contribution in [0.5, 0.6) is 0 Å². The highest BCUT2D eigenvalue weighted by atomic mass is 16.5. The molecule has 2 N–H and O–H groups in total. The number of carboxylic acids is 1. The Morgan fingerprint density at radius 2 is 2.04 bits per heavy atom. The third-order valence-electron chi connectivity index (χ3n) is 5.86. The van der Waals surface area contributed by atoms with Crippen molar-refractivity contribution in [3.05, 3.63) is 41.2 Å². The van der Waals surface area contributed by atoms with Gasteiger partial charge in [0.1, 0.15) is 0 Å². The number of esters is 1. The van der Waals surface area contributed by atoms with Crippen molar-refractivity contribution < 1.29 is 33.9 Å². The van der Waals surface area contributed by atoms with Gasteiger partial charge in [0.05, 0.1) is 24.7 Å². The summed E-state index contributed by atoms with van der Waals surface area (Å²) < 4.78 is 6.00. The quantitative estimate of drug-likeness (QED) is 0.590. The van der Waals surface area contributed by atoms with Gasteiger partial charge in [0.25, 0.3) is 6.04 Å². The Hall–Kier alpha value is -2.54. The van der Waals surface area contributed by atoms with Gasteiger partial charge < -0.3 is 14.9 Å². The number of ketones is 1. The van der Waals surface area contributed by atoms with Crippen LogP contribution in [0.4, 0.5) is 0 Å². The zero-order valence-corrected chi connectivity index (χ0v) is 16.6. The van der Waals surface area contributed by atoms with Crippen LogP contribution in [0.2, 0.25) is 0 Å². The van der Waals surface area contributed by atoms with Gasteiger partial charge >= 0.3 is 11.9 Å². The minimum Gasteiger partial charge on any atom is -0.476 e. The van der Waals surface area contributed by atoms with Crippen molar-refractivity contribution >= 4 is 17.7 Å². The van der Waals surface area contributed by atoms with Gasteiger partial charge in [-0.1, -0.05) is 19.9 Å². The SMILES string of the molecule is COC(=O)CC[C@H](C(=O)O)[n+]1ccc2c(c1)C(=O)C1=CC(C)(C)C[C@@H]1[C@@]2(C)O. The van der Waals surface area contributed by atoms with E-state index in [1.165, 1.54) is 17.9 Å². The molecule has 1 aromatic heterocycles. The fraction of sp³-hybridized carbons (Fsp3) is 0.524. The molecule has 0 saturated carbocycles.